The predicted octanol–water partition coefficient (Wildman–Crippen LogP) is 3.07. The van der Waals surface area contributed by atoms with Crippen molar-refractivity contribution in [3.05, 3.63) is 59.7 Å². The van der Waals surface area contributed by atoms with Crippen LogP contribution < -0.4 is 16.4 Å². The number of rotatable bonds is 4. The van der Waals surface area contributed by atoms with Gasteiger partial charge in [0, 0.05) is 17.9 Å². The average Bonchev–Trinajstić information content (AvgIpc) is 2.40. The molecule has 0 unspecified atom stereocenters. The highest BCUT2D eigenvalue weighted by Crippen LogP contribution is 2.16. The number of halogens is 2. The van der Waals surface area contributed by atoms with Crippen LogP contribution in [0.1, 0.15) is 5.56 Å². The van der Waals surface area contributed by atoms with Gasteiger partial charge in [-0.1, -0.05) is 12.1 Å². The summed E-state index contributed by atoms with van der Waals surface area (Å²) in [4.78, 5) is 10.7. The van der Waals surface area contributed by atoms with Gasteiger partial charge in [0.1, 0.15) is 0 Å². The van der Waals surface area contributed by atoms with E-state index in [2.05, 4.69) is 10.6 Å². The number of anilines is 2. The summed E-state index contributed by atoms with van der Waals surface area (Å²) in [5, 5.41) is 5.49. The zero-order valence-electron chi connectivity index (χ0n) is 10.5. The Balaban J connectivity index is 2.03. The number of carbonyl (C=O) groups is 1. The molecule has 0 atom stereocenters. The smallest absolute Gasteiger partial charge is 0.316 e. The van der Waals surface area contributed by atoms with E-state index >= 15 is 0 Å². The molecule has 0 spiro atoms. The van der Waals surface area contributed by atoms with E-state index in [1.54, 1.807) is 24.3 Å². The first kappa shape index (κ1) is 13.8. The molecule has 0 aromatic heterocycles. The summed E-state index contributed by atoms with van der Waals surface area (Å²) in [6, 6.07) is 9.95. The van der Waals surface area contributed by atoms with E-state index in [0.717, 1.165) is 17.8 Å². The van der Waals surface area contributed by atoms with Crippen LogP contribution in [-0.2, 0) is 6.54 Å². The highest BCUT2D eigenvalue weighted by molar-refractivity contribution is 5.88. The number of hydrogen-bond donors (Lipinski definition) is 3. The Morgan fingerprint density at radius 3 is 2.50 bits per heavy atom. The first-order valence-electron chi connectivity index (χ1n) is 5.89. The molecule has 0 aliphatic rings. The summed E-state index contributed by atoms with van der Waals surface area (Å²) < 4.78 is 25.8. The van der Waals surface area contributed by atoms with Gasteiger partial charge in [0.2, 0.25) is 0 Å². The van der Waals surface area contributed by atoms with Gasteiger partial charge in [-0.15, -0.1) is 0 Å². The summed E-state index contributed by atoms with van der Waals surface area (Å²) in [7, 11) is 0. The maximum absolute atomic E-state index is 13.0. The number of nitrogens with two attached hydrogens (primary N) is 1. The Bertz CT molecular complexity index is 632. The topological polar surface area (TPSA) is 67.2 Å². The number of urea groups is 1. The fraction of sp³-hybridized carbons (Fsp3) is 0.0714. The van der Waals surface area contributed by atoms with E-state index in [9.17, 15) is 13.6 Å². The third kappa shape index (κ3) is 3.68. The van der Waals surface area contributed by atoms with Crippen molar-refractivity contribution in [3.63, 3.8) is 0 Å². The van der Waals surface area contributed by atoms with Gasteiger partial charge in [-0.2, -0.15) is 0 Å². The van der Waals surface area contributed by atoms with Crippen LogP contribution in [0, 0.1) is 11.6 Å². The van der Waals surface area contributed by atoms with Crippen LogP contribution in [-0.4, -0.2) is 6.03 Å². The molecule has 2 amide bonds. The minimum absolute atomic E-state index is 0.331. The Morgan fingerprint density at radius 2 is 1.80 bits per heavy atom. The molecule has 4 N–H and O–H groups in total. The second kappa shape index (κ2) is 6.01. The molecule has 2 aromatic carbocycles. The summed E-state index contributed by atoms with van der Waals surface area (Å²) in [6.45, 7) is 0.331. The number of amides is 2. The van der Waals surface area contributed by atoms with Gasteiger partial charge >= 0.3 is 6.03 Å². The molecular weight excluding hydrogens is 264 g/mol. The van der Waals surface area contributed by atoms with E-state index in [1.807, 2.05) is 0 Å². The second-order valence-corrected chi connectivity index (χ2v) is 4.17. The van der Waals surface area contributed by atoms with Gasteiger partial charge in [-0.25, -0.2) is 13.6 Å². The molecule has 0 heterocycles. The van der Waals surface area contributed by atoms with E-state index in [0.29, 0.717) is 17.8 Å². The summed E-state index contributed by atoms with van der Waals surface area (Å²) >= 11 is 0. The molecule has 0 bridgehead atoms. The zero-order valence-corrected chi connectivity index (χ0v) is 10.5. The van der Waals surface area contributed by atoms with Crippen molar-refractivity contribution in [2.75, 3.05) is 10.6 Å². The molecular formula is C14H13F2N3O. The van der Waals surface area contributed by atoms with Crippen LogP contribution >= 0.6 is 0 Å². The number of nitrogens with one attached hydrogen (secondary N) is 2. The molecule has 104 valence electrons. The molecule has 2 aromatic rings. The molecule has 0 radical (unpaired) electrons. The summed E-state index contributed by atoms with van der Waals surface area (Å²) in [6.07, 6.45) is 0. The van der Waals surface area contributed by atoms with Crippen molar-refractivity contribution in [3.8, 4) is 0 Å². The lowest BCUT2D eigenvalue weighted by Crippen LogP contribution is -2.19. The molecule has 6 heteroatoms. The molecule has 0 aliphatic carbocycles. The van der Waals surface area contributed by atoms with E-state index in [1.165, 1.54) is 6.07 Å². The van der Waals surface area contributed by atoms with Gasteiger partial charge in [0.05, 0.1) is 0 Å². The van der Waals surface area contributed by atoms with Crippen molar-refractivity contribution in [2.24, 2.45) is 5.73 Å². The zero-order chi connectivity index (χ0) is 14.5. The Morgan fingerprint density at radius 1 is 1.05 bits per heavy atom. The third-order valence-corrected chi connectivity index (χ3v) is 2.61. The molecule has 20 heavy (non-hydrogen) atoms. The molecule has 0 saturated carbocycles. The van der Waals surface area contributed by atoms with Gasteiger partial charge in [0.25, 0.3) is 0 Å². The van der Waals surface area contributed by atoms with Gasteiger partial charge in [0.15, 0.2) is 11.6 Å². The minimum atomic E-state index is -0.881. The highest BCUT2D eigenvalue weighted by atomic mass is 19.2. The Hall–Kier alpha value is -2.63. The lowest BCUT2D eigenvalue weighted by molar-refractivity contribution is 0.259. The monoisotopic (exact) mass is 277 g/mol. The molecule has 4 nitrogen and oxygen atoms in total. The minimum Gasteiger partial charge on any atom is -0.381 e. The van der Waals surface area contributed by atoms with E-state index in [4.69, 9.17) is 5.73 Å². The largest absolute Gasteiger partial charge is 0.381 e. The van der Waals surface area contributed by atoms with Crippen LogP contribution in [0.15, 0.2) is 42.5 Å². The fourth-order valence-corrected chi connectivity index (χ4v) is 1.70. The number of primary amides is 1. The standard InChI is InChI=1S/C14H13F2N3O/c15-12-5-4-9(6-13(12)16)8-18-10-2-1-3-11(7-10)19-14(17)20/h1-7,18H,8H2,(H3,17,19,20). The quantitative estimate of drug-likeness (QED) is 0.804. The molecule has 2 rings (SSSR count). The van der Waals surface area contributed by atoms with E-state index in [-0.39, 0.29) is 0 Å². The van der Waals surface area contributed by atoms with Crippen LogP contribution in [0.2, 0.25) is 0 Å². The first-order chi connectivity index (χ1) is 9.54. The summed E-state index contributed by atoms with van der Waals surface area (Å²) in [5.41, 5.74) is 6.90. The van der Waals surface area contributed by atoms with Crippen molar-refractivity contribution >= 4 is 17.4 Å². The van der Waals surface area contributed by atoms with Crippen LogP contribution in [0.3, 0.4) is 0 Å². The molecule has 0 fully saturated rings. The van der Waals surface area contributed by atoms with Crippen LogP contribution in [0.5, 0.6) is 0 Å². The van der Waals surface area contributed by atoms with Crippen LogP contribution in [0.4, 0.5) is 25.0 Å². The van der Waals surface area contributed by atoms with Gasteiger partial charge < -0.3 is 16.4 Å². The molecule has 0 saturated heterocycles. The lowest BCUT2D eigenvalue weighted by Gasteiger charge is -2.09. The number of carbonyl (C=O) groups excluding carboxylic acids is 1. The lowest BCUT2D eigenvalue weighted by atomic mass is 10.2. The number of hydrogen-bond acceptors (Lipinski definition) is 2. The number of benzene rings is 2. The van der Waals surface area contributed by atoms with Crippen molar-refractivity contribution in [1.82, 2.24) is 0 Å². The van der Waals surface area contributed by atoms with Crippen molar-refractivity contribution in [2.45, 2.75) is 6.54 Å². The Labute approximate surface area is 114 Å². The van der Waals surface area contributed by atoms with Crippen LogP contribution in [0.25, 0.3) is 0 Å². The summed E-state index contributed by atoms with van der Waals surface area (Å²) in [5.74, 6) is -1.75. The highest BCUT2D eigenvalue weighted by Gasteiger charge is 2.03. The normalized spacial score (nSPS) is 10.1. The SMILES string of the molecule is NC(=O)Nc1cccc(NCc2ccc(F)c(F)c2)c1. The first-order valence-corrected chi connectivity index (χ1v) is 5.89. The third-order valence-electron chi connectivity index (χ3n) is 2.61. The second-order valence-electron chi connectivity index (χ2n) is 4.17. The van der Waals surface area contributed by atoms with Crippen molar-refractivity contribution in [1.29, 1.82) is 0 Å². The molecule has 0 aliphatic heterocycles. The fourth-order valence-electron chi connectivity index (χ4n) is 1.70. The maximum atomic E-state index is 13.0. The van der Waals surface area contributed by atoms with Gasteiger partial charge in [-0.3, -0.25) is 0 Å². The van der Waals surface area contributed by atoms with Gasteiger partial charge in [-0.05, 0) is 35.9 Å². The Kier molecular flexibility index (Phi) is 4.14. The van der Waals surface area contributed by atoms with E-state index < -0.39 is 17.7 Å². The average molecular weight is 277 g/mol. The maximum Gasteiger partial charge on any atom is 0.316 e. The predicted molar refractivity (Wildman–Crippen MR) is 73.3 cm³/mol. The van der Waals surface area contributed by atoms with Crippen molar-refractivity contribution < 1.29 is 13.6 Å².